The van der Waals surface area contributed by atoms with Crippen molar-refractivity contribution in [3.05, 3.63) is 0 Å². The molecule has 1 aliphatic carbocycles. The van der Waals surface area contributed by atoms with Crippen LogP contribution in [0.5, 0.6) is 0 Å². The van der Waals surface area contributed by atoms with E-state index in [2.05, 4.69) is 43.1 Å². The Morgan fingerprint density at radius 2 is 1.80 bits per heavy atom. The third kappa shape index (κ3) is 2.65. The average Bonchev–Trinajstić information content (AvgIpc) is 2.45. The van der Waals surface area contributed by atoms with Gasteiger partial charge in [-0.05, 0) is 35.5 Å². The molecule has 0 aliphatic heterocycles. The zero-order chi connectivity index (χ0) is 11.9. The number of rotatable bonds is 2. The molecule has 90 valence electrons. The van der Waals surface area contributed by atoms with Crippen LogP contribution in [0.15, 0.2) is 0 Å². The molecule has 0 spiro atoms. The summed E-state index contributed by atoms with van der Waals surface area (Å²) in [5.41, 5.74) is 0.600. The van der Waals surface area contributed by atoms with Crippen molar-refractivity contribution < 1.29 is 5.11 Å². The third-order valence-corrected chi connectivity index (χ3v) is 11.8. The van der Waals surface area contributed by atoms with E-state index in [0.717, 1.165) is 18.5 Å². The van der Waals surface area contributed by atoms with E-state index in [1.165, 1.54) is 6.42 Å². The molecule has 0 amide bonds. The molecular formula is C12H27OPSi. The van der Waals surface area contributed by atoms with Gasteiger partial charge in [-0.2, -0.15) is 0 Å². The largest absolute Gasteiger partial charge is 0.393 e. The van der Waals surface area contributed by atoms with Gasteiger partial charge in [-0.1, -0.05) is 33.9 Å². The summed E-state index contributed by atoms with van der Waals surface area (Å²) in [6, 6.07) is 0. The van der Waals surface area contributed by atoms with Crippen molar-refractivity contribution in [2.75, 3.05) is 6.16 Å². The first-order valence-electron chi connectivity index (χ1n) is 6.08. The first-order chi connectivity index (χ1) is 6.70. The molecule has 0 radical (unpaired) electrons. The summed E-state index contributed by atoms with van der Waals surface area (Å²) in [7, 11) is 1.48. The molecule has 1 aliphatic rings. The molecule has 0 aromatic carbocycles. The first kappa shape index (κ1) is 13.7. The molecule has 1 nitrogen and oxygen atoms in total. The fraction of sp³-hybridized carbons (Fsp3) is 1.00. The molecule has 0 aromatic heterocycles. The molecule has 1 rings (SSSR count). The van der Waals surface area contributed by atoms with Gasteiger partial charge >= 0.3 is 0 Å². The molecular weight excluding hydrogens is 219 g/mol. The summed E-state index contributed by atoms with van der Waals surface area (Å²) in [6.45, 7) is 11.9. The van der Waals surface area contributed by atoms with Crippen LogP contribution in [0.2, 0.25) is 23.7 Å². The second-order valence-electron chi connectivity index (χ2n) is 6.72. The molecule has 1 saturated carbocycles. The van der Waals surface area contributed by atoms with Crippen LogP contribution in [0.25, 0.3) is 0 Å². The van der Waals surface area contributed by atoms with Crippen molar-refractivity contribution in [3.8, 4) is 0 Å². The lowest BCUT2D eigenvalue weighted by Crippen LogP contribution is -2.44. The first-order valence-corrected chi connectivity index (χ1v) is 9.97. The number of aliphatic hydroxyl groups is 1. The Bertz CT molecular complexity index is 222. The maximum Gasteiger partial charge on any atom is 0.0587 e. The van der Waals surface area contributed by atoms with Gasteiger partial charge < -0.3 is 5.11 Å². The molecule has 0 heterocycles. The summed E-state index contributed by atoms with van der Waals surface area (Å²) in [5.74, 6) is 0.740. The lowest BCUT2D eigenvalue weighted by molar-refractivity contribution is 0.175. The number of hydrogen-bond donors (Lipinski definition) is 1. The van der Waals surface area contributed by atoms with Gasteiger partial charge in [0.15, 0.2) is 0 Å². The molecule has 4 atom stereocenters. The highest BCUT2D eigenvalue weighted by atomic mass is 31.0. The summed E-state index contributed by atoms with van der Waals surface area (Å²) < 4.78 is 0. The molecule has 2 unspecified atom stereocenters. The smallest absolute Gasteiger partial charge is 0.0587 e. The summed E-state index contributed by atoms with van der Waals surface area (Å²) in [4.78, 5) is 0. The fourth-order valence-corrected chi connectivity index (χ4v) is 6.16. The minimum atomic E-state index is -1.35. The Labute approximate surface area is 98.3 Å². The second-order valence-corrected chi connectivity index (χ2v) is 12.9. The lowest BCUT2D eigenvalue weighted by atomic mass is 10.1. The van der Waals surface area contributed by atoms with Gasteiger partial charge in [0, 0.05) is 0 Å². The Morgan fingerprint density at radius 3 is 2.13 bits per heavy atom. The highest BCUT2D eigenvalue weighted by molar-refractivity contribution is 7.16. The van der Waals surface area contributed by atoms with Gasteiger partial charge in [-0.25, -0.2) is 0 Å². The Balaban J connectivity index is 2.80. The van der Waals surface area contributed by atoms with Crippen molar-refractivity contribution in [1.82, 2.24) is 0 Å². The number of aliphatic hydroxyl groups excluding tert-OH is 1. The van der Waals surface area contributed by atoms with E-state index in [4.69, 9.17) is 0 Å². The molecule has 3 heteroatoms. The summed E-state index contributed by atoms with van der Waals surface area (Å²) in [6.07, 6.45) is 3.40. The van der Waals surface area contributed by atoms with Gasteiger partial charge in [-0.3, -0.25) is 0 Å². The summed E-state index contributed by atoms with van der Waals surface area (Å²) >= 11 is 0. The zero-order valence-electron chi connectivity index (χ0n) is 10.9. The predicted octanol–water partition coefficient (Wildman–Crippen LogP) is 3.51. The average molecular weight is 246 g/mol. The molecule has 0 aromatic rings. The van der Waals surface area contributed by atoms with E-state index in [1.54, 1.807) is 0 Å². The Morgan fingerprint density at radius 1 is 1.27 bits per heavy atom. The minimum Gasteiger partial charge on any atom is -0.393 e. The second kappa shape index (κ2) is 4.47. The van der Waals surface area contributed by atoms with Gasteiger partial charge in [0.1, 0.15) is 0 Å². The van der Waals surface area contributed by atoms with E-state index in [1.807, 2.05) is 0 Å². The van der Waals surface area contributed by atoms with Gasteiger partial charge in [0.05, 0.1) is 14.2 Å². The molecule has 1 fully saturated rings. The van der Waals surface area contributed by atoms with Gasteiger partial charge in [0.2, 0.25) is 0 Å². The van der Waals surface area contributed by atoms with Crippen LogP contribution in [-0.2, 0) is 0 Å². The van der Waals surface area contributed by atoms with Crippen molar-refractivity contribution in [1.29, 1.82) is 0 Å². The number of hydrogen-bond acceptors (Lipinski definition) is 1. The maximum absolute atomic E-state index is 10.2. The lowest BCUT2D eigenvalue weighted by Gasteiger charge is -2.43. The predicted molar refractivity (Wildman–Crippen MR) is 74.3 cm³/mol. The highest BCUT2D eigenvalue weighted by Crippen LogP contribution is 2.51. The molecule has 15 heavy (non-hydrogen) atoms. The maximum atomic E-state index is 10.2. The van der Waals surface area contributed by atoms with Crippen LogP contribution in [0.3, 0.4) is 0 Å². The minimum absolute atomic E-state index is 0.0311. The fourth-order valence-electron chi connectivity index (χ4n) is 2.64. The van der Waals surface area contributed by atoms with Crippen molar-refractivity contribution >= 4 is 17.3 Å². The third-order valence-electron chi connectivity index (χ3n) is 4.82. The van der Waals surface area contributed by atoms with Crippen molar-refractivity contribution in [2.24, 2.45) is 5.92 Å². The van der Waals surface area contributed by atoms with E-state index in [0.29, 0.717) is 10.6 Å². The van der Waals surface area contributed by atoms with E-state index in [-0.39, 0.29) is 6.10 Å². The van der Waals surface area contributed by atoms with E-state index in [9.17, 15) is 5.11 Å². The standard InChI is InChI=1S/C12H27OPSi/c1-12(2,3)15(4,5)11-7-9(8-14)6-10(11)13/h9-11,13H,6-8,14H2,1-5H3/t9-,10?,11-/m1/s1. The van der Waals surface area contributed by atoms with E-state index < -0.39 is 8.07 Å². The topological polar surface area (TPSA) is 20.2 Å². The molecule has 1 N–H and O–H groups in total. The Kier molecular flexibility index (Phi) is 4.07. The summed E-state index contributed by atoms with van der Waals surface area (Å²) in [5, 5.41) is 10.6. The normalized spacial score (nSPS) is 33.4. The molecule has 0 bridgehead atoms. The van der Waals surface area contributed by atoms with Crippen molar-refractivity contribution in [2.45, 2.75) is 63.4 Å². The Hall–Kier alpha value is 0.607. The van der Waals surface area contributed by atoms with Crippen LogP contribution in [0.1, 0.15) is 33.6 Å². The SMILES string of the molecule is CC(C)(C)[Si](C)(C)[C@@H]1C[C@H](CP)CC1O. The van der Waals surface area contributed by atoms with Crippen LogP contribution in [0, 0.1) is 5.92 Å². The highest BCUT2D eigenvalue weighted by Gasteiger charge is 2.48. The van der Waals surface area contributed by atoms with Gasteiger partial charge in [-0.15, -0.1) is 9.24 Å². The van der Waals surface area contributed by atoms with Crippen LogP contribution >= 0.6 is 9.24 Å². The quantitative estimate of drug-likeness (QED) is 0.584. The van der Waals surface area contributed by atoms with Crippen LogP contribution in [0.4, 0.5) is 0 Å². The van der Waals surface area contributed by atoms with E-state index >= 15 is 0 Å². The molecule has 0 saturated heterocycles. The monoisotopic (exact) mass is 246 g/mol. The van der Waals surface area contributed by atoms with Crippen LogP contribution < -0.4 is 0 Å². The van der Waals surface area contributed by atoms with Crippen LogP contribution in [-0.4, -0.2) is 25.4 Å². The van der Waals surface area contributed by atoms with Crippen molar-refractivity contribution in [3.63, 3.8) is 0 Å². The zero-order valence-corrected chi connectivity index (χ0v) is 13.0. The van der Waals surface area contributed by atoms with Gasteiger partial charge in [0.25, 0.3) is 0 Å².